The van der Waals surface area contributed by atoms with Gasteiger partial charge in [-0.1, -0.05) is 155 Å². The number of thioether (sulfide) groups is 1. The van der Waals surface area contributed by atoms with Crippen LogP contribution in [0.4, 0.5) is 0 Å². The first-order chi connectivity index (χ1) is 18.4. The molecule has 1 aromatic rings. The molecule has 0 unspecified atom stereocenters. The summed E-state index contributed by atoms with van der Waals surface area (Å²) in [6.07, 6.45) is 32.9. The summed E-state index contributed by atoms with van der Waals surface area (Å²) in [5.74, 6) is 3.61. The highest BCUT2D eigenvalue weighted by Crippen LogP contribution is 2.27. The van der Waals surface area contributed by atoms with E-state index in [-0.39, 0.29) is 0 Å². The Kier molecular flexibility index (Phi) is 21.5. The molecule has 0 heterocycles. The Labute approximate surface area is 245 Å². The lowest BCUT2D eigenvalue weighted by atomic mass is 9.94. The number of hydrogen-bond acceptors (Lipinski definition) is 1. The first-order valence-electron chi connectivity index (χ1n) is 16.6. The second-order valence-electron chi connectivity index (χ2n) is 12.7. The Balaban J connectivity index is 2.60. The summed E-state index contributed by atoms with van der Waals surface area (Å²) in [5.41, 5.74) is 8.13. The average Bonchev–Trinajstić information content (AvgIpc) is 2.89. The minimum atomic E-state index is -1.38. The van der Waals surface area contributed by atoms with Gasteiger partial charge in [0.25, 0.3) is 0 Å². The van der Waals surface area contributed by atoms with Crippen LogP contribution in [-0.4, -0.2) is 14.3 Å². The zero-order valence-electron chi connectivity index (χ0n) is 26.6. The van der Waals surface area contributed by atoms with Crippen molar-refractivity contribution in [1.82, 2.24) is 0 Å². The van der Waals surface area contributed by atoms with Crippen molar-refractivity contribution in [2.45, 2.75) is 180 Å². The third kappa shape index (κ3) is 18.6. The summed E-state index contributed by atoms with van der Waals surface area (Å²) in [4.78, 5) is 1.39. The minimum absolute atomic E-state index is 1.24. The molecule has 0 fully saturated rings. The van der Waals surface area contributed by atoms with Gasteiger partial charge in [-0.05, 0) is 55.2 Å². The van der Waals surface area contributed by atoms with Crippen molar-refractivity contribution in [3.63, 3.8) is 0 Å². The van der Waals surface area contributed by atoms with Crippen molar-refractivity contribution in [2.24, 2.45) is 0 Å². The fraction of sp³-hybridized carbons (Fsp3) is 0.778. The van der Waals surface area contributed by atoms with Gasteiger partial charge in [0.2, 0.25) is 0 Å². The molecule has 0 spiro atoms. The maximum Gasteiger partial charge on any atom is 0.129 e. The molecule has 218 valence electrons. The van der Waals surface area contributed by atoms with E-state index in [1.54, 1.807) is 11.1 Å². The number of benzene rings is 1. The van der Waals surface area contributed by atoms with Crippen LogP contribution in [0, 0.1) is 11.5 Å². The summed E-state index contributed by atoms with van der Waals surface area (Å²) in [7, 11) is -1.38. The van der Waals surface area contributed by atoms with Gasteiger partial charge in [-0.2, -0.15) is 0 Å². The second kappa shape index (κ2) is 23.1. The third-order valence-corrected chi connectivity index (χ3v) is 9.35. The van der Waals surface area contributed by atoms with Crippen LogP contribution in [0.15, 0.2) is 17.0 Å². The molecule has 0 saturated heterocycles. The summed E-state index contributed by atoms with van der Waals surface area (Å²) in [5, 5.41) is 0. The van der Waals surface area contributed by atoms with Gasteiger partial charge in [-0.15, -0.1) is 17.3 Å². The van der Waals surface area contributed by atoms with Crippen molar-refractivity contribution >= 4 is 19.8 Å². The minimum Gasteiger partial charge on any atom is -0.128 e. The van der Waals surface area contributed by atoms with Gasteiger partial charge < -0.3 is 0 Å². The number of aryl methyl sites for hydroxylation is 2. The smallest absolute Gasteiger partial charge is 0.128 e. The standard InChI is InChI=1S/C36H64SSi/c1-7-9-11-13-15-17-19-21-23-25-27-33-31-35(29-30-38(4,5)6)36(37-3)32-34(33)28-26-24-22-20-18-16-14-12-10-8-2/h31-32H,7-28H2,1-6H3. The lowest BCUT2D eigenvalue weighted by molar-refractivity contribution is 0.553. The molecule has 0 N–H and O–H groups in total. The molecule has 0 atom stereocenters. The second-order valence-corrected chi connectivity index (χ2v) is 18.3. The number of rotatable bonds is 23. The van der Waals surface area contributed by atoms with E-state index < -0.39 is 8.07 Å². The maximum absolute atomic E-state index is 3.63. The molecule has 0 radical (unpaired) electrons. The Hall–Kier alpha value is -0.653. The van der Waals surface area contributed by atoms with Gasteiger partial charge in [0, 0.05) is 10.5 Å². The Morgan fingerprint density at radius 3 is 1.29 bits per heavy atom. The van der Waals surface area contributed by atoms with Crippen molar-refractivity contribution in [3.05, 3.63) is 28.8 Å². The molecule has 38 heavy (non-hydrogen) atoms. The molecule has 0 saturated carbocycles. The van der Waals surface area contributed by atoms with Gasteiger partial charge >= 0.3 is 0 Å². The van der Waals surface area contributed by atoms with Crippen molar-refractivity contribution in [2.75, 3.05) is 6.26 Å². The van der Waals surface area contributed by atoms with Crippen LogP contribution >= 0.6 is 11.8 Å². The largest absolute Gasteiger partial charge is 0.129 e. The van der Waals surface area contributed by atoms with E-state index >= 15 is 0 Å². The monoisotopic (exact) mass is 556 g/mol. The molecule has 2 heteroatoms. The van der Waals surface area contributed by atoms with Crippen molar-refractivity contribution < 1.29 is 0 Å². The van der Waals surface area contributed by atoms with E-state index in [4.69, 9.17) is 0 Å². The normalized spacial score (nSPS) is 11.5. The Morgan fingerprint density at radius 2 is 0.921 bits per heavy atom. The van der Waals surface area contributed by atoms with Gasteiger partial charge in [0.1, 0.15) is 8.07 Å². The van der Waals surface area contributed by atoms with E-state index in [1.807, 2.05) is 11.8 Å². The Morgan fingerprint density at radius 1 is 0.553 bits per heavy atom. The highest BCUT2D eigenvalue weighted by Gasteiger charge is 2.11. The van der Waals surface area contributed by atoms with Crippen LogP contribution in [0.5, 0.6) is 0 Å². The Bertz CT molecular complexity index is 764. The van der Waals surface area contributed by atoms with Gasteiger partial charge in [-0.25, -0.2) is 0 Å². The molecular weight excluding hydrogens is 493 g/mol. The van der Waals surface area contributed by atoms with Crippen LogP contribution in [0.2, 0.25) is 19.6 Å². The topological polar surface area (TPSA) is 0 Å². The predicted molar refractivity (Wildman–Crippen MR) is 180 cm³/mol. The quantitative estimate of drug-likeness (QED) is 0.0559. The van der Waals surface area contributed by atoms with Crippen LogP contribution in [-0.2, 0) is 12.8 Å². The van der Waals surface area contributed by atoms with E-state index in [9.17, 15) is 0 Å². The van der Waals surface area contributed by atoms with Crippen molar-refractivity contribution in [1.29, 1.82) is 0 Å². The number of unbranched alkanes of at least 4 members (excludes halogenated alkanes) is 18. The maximum atomic E-state index is 3.63. The van der Waals surface area contributed by atoms with E-state index in [1.165, 1.54) is 152 Å². The SMILES string of the molecule is CCCCCCCCCCCCc1cc(C#C[Si](C)(C)C)c(SC)cc1CCCCCCCCCCCC. The van der Waals surface area contributed by atoms with E-state index in [2.05, 4.69) is 63.3 Å². The molecule has 1 rings (SSSR count). The molecule has 0 aliphatic rings. The lowest BCUT2D eigenvalue weighted by Crippen LogP contribution is -2.16. The molecular formula is C36H64SSi. The van der Waals surface area contributed by atoms with Crippen LogP contribution in [0.3, 0.4) is 0 Å². The third-order valence-electron chi connectivity index (χ3n) is 7.69. The fourth-order valence-corrected chi connectivity index (χ4v) is 6.36. The fourth-order valence-electron chi connectivity index (χ4n) is 5.26. The first kappa shape index (κ1) is 35.4. The molecule has 1 aromatic carbocycles. The molecule has 0 aliphatic heterocycles. The average molecular weight is 557 g/mol. The van der Waals surface area contributed by atoms with Gasteiger partial charge in [-0.3, -0.25) is 0 Å². The highest BCUT2D eigenvalue weighted by molar-refractivity contribution is 7.98. The summed E-state index contributed by atoms with van der Waals surface area (Å²) < 4.78 is 0. The first-order valence-corrected chi connectivity index (χ1v) is 21.4. The van der Waals surface area contributed by atoms with Crippen LogP contribution < -0.4 is 0 Å². The van der Waals surface area contributed by atoms with Gasteiger partial charge in [0.15, 0.2) is 0 Å². The van der Waals surface area contributed by atoms with Crippen LogP contribution in [0.25, 0.3) is 0 Å². The molecule has 0 aromatic heterocycles. The predicted octanol–water partition coefficient (Wildman–Crippen LogP) is 12.6. The summed E-state index contributed by atoms with van der Waals surface area (Å²) in [6, 6.07) is 5.00. The van der Waals surface area contributed by atoms with E-state index in [0.29, 0.717) is 0 Å². The molecule has 0 nitrogen and oxygen atoms in total. The summed E-state index contributed by atoms with van der Waals surface area (Å²) >= 11 is 1.88. The van der Waals surface area contributed by atoms with E-state index in [0.717, 1.165) is 0 Å². The molecule has 0 aliphatic carbocycles. The van der Waals surface area contributed by atoms with Gasteiger partial charge in [0.05, 0.1) is 0 Å². The molecule has 0 bridgehead atoms. The van der Waals surface area contributed by atoms with Crippen molar-refractivity contribution in [3.8, 4) is 11.5 Å². The number of hydrogen-bond donors (Lipinski definition) is 0. The van der Waals surface area contributed by atoms with Crippen LogP contribution in [0.1, 0.15) is 159 Å². The molecule has 0 amide bonds. The highest BCUT2D eigenvalue weighted by atomic mass is 32.2. The zero-order chi connectivity index (χ0) is 27.9. The summed E-state index contributed by atoms with van der Waals surface area (Å²) in [6.45, 7) is 11.7. The lowest BCUT2D eigenvalue weighted by Gasteiger charge is -2.14. The zero-order valence-corrected chi connectivity index (χ0v) is 28.4.